The Labute approximate surface area is 65.2 Å². The van der Waals surface area contributed by atoms with Gasteiger partial charge in [0.2, 0.25) is 5.91 Å². The van der Waals surface area contributed by atoms with Crippen LogP contribution in [0, 0.1) is 5.92 Å². The van der Waals surface area contributed by atoms with Gasteiger partial charge in [0.15, 0.2) is 0 Å². The maximum absolute atomic E-state index is 11.6. The van der Waals surface area contributed by atoms with Crippen LogP contribution >= 0.6 is 0 Å². The van der Waals surface area contributed by atoms with E-state index < -0.39 is 30.4 Å². The van der Waals surface area contributed by atoms with Crippen molar-refractivity contribution in [2.24, 2.45) is 11.7 Å². The van der Waals surface area contributed by atoms with Crippen molar-refractivity contribution in [1.29, 1.82) is 0 Å². The molecule has 0 aliphatic rings. The Morgan fingerprint density at radius 2 is 1.83 bits per heavy atom. The molecular weight excluding hydrogens is 179 g/mol. The number of carboxylic acid groups (broad SMARTS) is 1. The lowest BCUT2D eigenvalue weighted by Crippen LogP contribution is -2.34. The van der Waals surface area contributed by atoms with E-state index in [0.29, 0.717) is 0 Å². The molecule has 12 heavy (non-hydrogen) atoms. The molecule has 0 aromatic rings. The van der Waals surface area contributed by atoms with Crippen molar-refractivity contribution in [3.8, 4) is 0 Å². The van der Waals surface area contributed by atoms with Crippen LogP contribution in [-0.2, 0) is 9.59 Å². The van der Waals surface area contributed by atoms with E-state index in [9.17, 15) is 22.8 Å². The molecule has 0 aromatic heterocycles. The highest BCUT2D eigenvalue weighted by molar-refractivity contribution is 5.96. The number of nitrogens with two attached hydrogens (primary N) is 1. The molecule has 70 valence electrons. The standard InChI is InChI=1S/C5H6F3NO3/c6-5(7,8)1-2(3(9)10)4(11)12/h2H,1H2,(H2,9,10)(H,11,12). The first-order valence-corrected chi connectivity index (χ1v) is 2.83. The van der Waals surface area contributed by atoms with Crippen LogP contribution in [0.15, 0.2) is 0 Å². The summed E-state index contributed by atoms with van der Waals surface area (Å²) in [6.45, 7) is 0. The molecule has 1 amide bonds. The van der Waals surface area contributed by atoms with Crippen molar-refractivity contribution in [1.82, 2.24) is 0 Å². The molecule has 0 aliphatic carbocycles. The van der Waals surface area contributed by atoms with Gasteiger partial charge in [-0.25, -0.2) is 0 Å². The predicted molar refractivity (Wildman–Crippen MR) is 31.0 cm³/mol. The van der Waals surface area contributed by atoms with Gasteiger partial charge in [-0.2, -0.15) is 13.2 Å². The maximum atomic E-state index is 11.6. The Kier molecular flexibility index (Phi) is 3.06. The molecule has 0 aromatic carbocycles. The second-order valence-electron chi connectivity index (χ2n) is 2.11. The molecule has 0 fully saturated rings. The summed E-state index contributed by atoms with van der Waals surface area (Å²) in [6.07, 6.45) is -6.42. The van der Waals surface area contributed by atoms with Crippen LogP contribution in [0.5, 0.6) is 0 Å². The summed E-state index contributed by atoms with van der Waals surface area (Å²) in [6, 6.07) is 0. The summed E-state index contributed by atoms with van der Waals surface area (Å²) >= 11 is 0. The molecule has 0 saturated heterocycles. The van der Waals surface area contributed by atoms with E-state index in [0.717, 1.165) is 0 Å². The molecule has 0 spiro atoms. The van der Waals surface area contributed by atoms with Gasteiger partial charge in [-0.1, -0.05) is 0 Å². The van der Waals surface area contributed by atoms with Crippen molar-refractivity contribution in [2.45, 2.75) is 12.6 Å². The molecule has 7 heteroatoms. The van der Waals surface area contributed by atoms with E-state index in [1.807, 2.05) is 0 Å². The fraction of sp³-hybridized carbons (Fsp3) is 0.600. The van der Waals surface area contributed by atoms with Gasteiger partial charge in [0.05, 0.1) is 6.42 Å². The number of rotatable bonds is 3. The van der Waals surface area contributed by atoms with Gasteiger partial charge in [0.25, 0.3) is 0 Å². The zero-order valence-corrected chi connectivity index (χ0v) is 5.76. The summed E-state index contributed by atoms with van der Waals surface area (Å²) in [5.74, 6) is -5.54. The number of hydrogen-bond acceptors (Lipinski definition) is 2. The highest BCUT2D eigenvalue weighted by atomic mass is 19.4. The van der Waals surface area contributed by atoms with E-state index in [4.69, 9.17) is 5.11 Å². The lowest BCUT2D eigenvalue weighted by molar-refractivity contribution is -0.167. The molecule has 0 rings (SSSR count). The molecule has 1 unspecified atom stereocenters. The monoisotopic (exact) mass is 185 g/mol. The maximum Gasteiger partial charge on any atom is 0.390 e. The van der Waals surface area contributed by atoms with Gasteiger partial charge in [-0.3, -0.25) is 9.59 Å². The molecule has 0 radical (unpaired) electrons. The number of alkyl halides is 3. The first-order valence-electron chi connectivity index (χ1n) is 2.83. The topological polar surface area (TPSA) is 80.4 Å². The van der Waals surface area contributed by atoms with Crippen molar-refractivity contribution in [2.75, 3.05) is 0 Å². The van der Waals surface area contributed by atoms with Gasteiger partial charge in [-0.05, 0) is 0 Å². The highest BCUT2D eigenvalue weighted by Gasteiger charge is 2.38. The minimum atomic E-state index is -4.70. The van der Waals surface area contributed by atoms with Crippen molar-refractivity contribution in [3.63, 3.8) is 0 Å². The number of carbonyl (C=O) groups is 2. The van der Waals surface area contributed by atoms with Gasteiger partial charge in [0.1, 0.15) is 5.92 Å². The van der Waals surface area contributed by atoms with Gasteiger partial charge >= 0.3 is 12.1 Å². The number of primary amides is 1. The smallest absolute Gasteiger partial charge is 0.390 e. The summed E-state index contributed by atoms with van der Waals surface area (Å²) in [5, 5.41) is 8.11. The van der Waals surface area contributed by atoms with E-state index in [1.165, 1.54) is 0 Å². The van der Waals surface area contributed by atoms with Gasteiger partial charge in [0, 0.05) is 0 Å². The Morgan fingerprint density at radius 3 is 1.92 bits per heavy atom. The first-order chi connectivity index (χ1) is 5.24. The average molecular weight is 185 g/mol. The van der Waals surface area contributed by atoms with Crippen LogP contribution in [0.25, 0.3) is 0 Å². The Bertz CT molecular complexity index is 187. The Hall–Kier alpha value is -1.27. The summed E-state index contributed by atoms with van der Waals surface area (Å²) in [5.41, 5.74) is 4.43. The van der Waals surface area contributed by atoms with Gasteiger partial charge < -0.3 is 10.8 Å². The number of hydrogen-bond donors (Lipinski definition) is 2. The first kappa shape index (κ1) is 10.7. The molecule has 0 bridgehead atoms. The summed E-state index contributed by atoms with van der Waals surface area (Å²) in [7, 11) is 0. The minimum Gasteiger partial charge on any atom is -0.481 e. The zero-order valence-electron chi connectivity index (χ0n) is 5.76. The van der Waals surface area contributed by atoms with Crippen LogP contribution < -0.4 is 5.73 Å². The van der Waals surface area contributed by atoms with Crippen LogP contribution in [-0.4, -0.2) is 23.2 Å². The van der Waals surface area contributed by atoms with Gasteiger partial charge in [-0.15, -0.1) is 0 Å². The quantitative estimate of drug-likeness (QED) is 0.613. The van der Waals surface area contributed by atoms with Crippen molar-refractivity contribution < 1.29 is 27.9 Å². The number of carbonyl (C=O) groups excluding carboxylic acids is 1. The van der Waals surface area contributed by atoms with Crippen molar-refractivity contribution in [3.05, 3.63) is 0 Å². The zero-order chi connectivity index (χ0) is 9.94. The fourth-order valence-electron chi connectivity index (χ4n) is 0.541. The SMILES string of the molecule is NC(=O)C(CC(F)(F)F)C(=O)O. The lowest BCUT2D eigenvalue weighted by Gasteiger charge is -2.10. The second kappa shape index (κ2) is 3.42. The highest BCUT2D eigenvalue weighted by Crippen LogP contribution is 2.24. The number of amides is 1. The van der Waals surface area contributed by atoms with Crippen molar-refractivity contribution >= 4 is 11.9 Å². The van der Waals surface area contributed by atoms with Crippen LogP contribution in [0.2, 0.25) is 0 Å². The van der Waals surface area contributed by atoms with E-state index in [-0.39, 0.29) is 0 Å². The molecular formula is C5H6F3NO3. The van der Waals surface area contributed by atoms with E-state index in [2.05, 4.69) is 5.73 Å². The largest absolute Gasteiger partial charge is 0.481 e. The van der Waals surface area contributed by atoms with E-state index >= 15 is 0 Å². The fourth-order valence-corrected chi connectivity index (χ4v) is 0.541. The molecule has 3 N–H and O–H groups in total. The average Bonchev–Trinajstić information content (AvgIpc) is 1.79. The summed E-state index contributed by atoms with van der Waals surface area (Å²) in [4.78, 5) is 20.2. The third-order valence-electron chi connectivity index (χ3n) is 1.08. The molecule has 0 aliphatic heterocycles. The molecule has 4 nitrogen and oxygen atoms in total. The predicted octanol–water partition coefficient (Wildman–Crippen LogP) is 0.125. The molecule has 0 saturated carbocycles. The minimum absolute atomic E-state index is 1.49. The number of halogens is 3. The number of carboxylic acids is 1. The summed E-state index contributed by atoms with van der Waals surface area (Å²) < 4.78 is 34.7. The lowest BCUT2D eigenvalue weighted by atomic mass is 10.1. The third-order valence-corrected chi connectivity index (χ3v) is 1.08. The van der Waals surface area contributed by atoms with Crippen LogP contribution in [0.3, 0.4) is 0 Å². The Balaban J connectivity index is 4.35. The molecule has 0 heterocycles. The van der Waals surface area contributed by atoms with E-state index in [1.54, 1.807) is 0 Å². The molecule has 1 atom stereocenters. The third kappa shape index (κ3) is 3.79. The number of aliphatic carboxylic acids is 1. The van der Waals surface area contributed by atoms with Crippen LogP contribution in [0.4, 0.5) is 13.2 Å². The van der Waals surface area contributed by atoms with Crippen LogP contribution in [0.1, 0.15) is 6.42 Å². The second-order valence-corrected chi connectivity index (χ2v) is 2.11. The Morgan fingerprint density at radius 1 is 1.42 bits per heavy atom. The normalized spacial score (nSPS) is 13.9.